The fourth-order valence-corrected chi connectivity index (χ4v) is 1.90. The van der Waals surface area contributed by atoms with Gasteiger partial charge in [-0.1, -0.05) is 0 Å². The summed E-state index contributed by atoms with van der Waals surface area (Å²) in [5.74, 6) is 0.256. The highest BCUT2D eigenvalue weighted by Gasteiger charge is 2.35. The number of rotatable bonds is 2. The zero-order valence-electron chi connectivity index (χ0n) is 7.57. The molecule has 0 spiro atoms. The molecule has 13 heavy (non-hydrogen) atoms. The summed E-state index contributed by atoms with van der Waals surface area (Å²) in [6.45, 7) is 0. The average Bonchev–Trinajstić information content (AvgIpc) is 1.95. The molecule has 2 aliphatic rings. The van der Waals surface area contributed by atoms with Gasteiger partial charge < -0.3 is 16.2 Å². The Balaban J connectivity index is 1.68. The van der Waals surface area contributed by atoms with E-state index in [0.29, 0.717) is 12.8 Å². The number of aliphatic hydroxyl groups excluding tert-OH is 1. The molecule has 0 saturated heterocycles. The highest BCUT2D eigenvalue weighted by molar-refractivity contribution is 5.80. The molecular formula is C9H16N2O2. The molecule has 4 heteroatoms. The monoisotopic (exact) mass is 184 g/mol. The number of carbonyl (C=O) groups is 1. The van der Waals surface area contributed by atoms with E-state index >= 15 is 0 Å². The van der Waals surface area contributed by atoms with Crippen molar-refractivity contribution >= 4 is 5.91 Å². The van der Waals surface area contributed by atoms with Crippen molar-refractivity contribution in [2.75, 3.05) is 0 Å². The van der Waals surface area contributed by atoms with Crippen LogP contribution in [0.2, 0.25) is 0 Å². The minimum Gasteiger partial charge on any atom is -0.393 e. The fourth-order valence-electron chi connectivity index (χ4n) is 1.90. The van der Waals surface area contributed by atoms with Gasteiger partial charge in [0.1, 0.15) is 0 Å². The van der Waals surface area contributed by atoms with Gasteiger partial charge in [0.15, 0.2) is 0 Å². The SMILES string of the molecule is NC1CC(C(=O)NC2CC(O)C2)C1. The lowest BCUT2D eigenvalue weighted by molar-refractivity contribution is -0.130. The summed E-state index contributed by atoms with van der Waals surface area (Å²) in [6, 6.07) is 0.432. The molecule has 4 nitrogen and oxygen atoms in total. The van der Waals surface area contributed by atoms with Crippen molar-refractivity contribution in [1.82, 2.24) is 5.32 Å². The summed E-state index contributed by atoms with van der Waals surface area (Å²) in [5.41, 5.74) is 5.59. The Labute approximate surface area is 77.5 Å². The van der Waals surface area contributed by atoms with Gasteiger partial charge in [-0.05, 0) is 25.7 Å². The van der Waals surface area contributed by atoms with Crippen molar-refractivity contribution in [3.63, 3.8) is 0 Å². The number of aliphatic hydroxyl groups is 1. The average molecular weight is 184 g/mol. The van der Waals surface area contributed by atoms with Gasteiger partial charge in [0.05, 0.1) is 6.10 Å². The summed E-state index contributed by atoms with van der Waals surface area (Å²) >= 11 is 0. The Kier molecular flexibility index (Phi) is 2.26. The van der Waals surface area contributed by atoms with Crippen LogP contribution in [0.4, 0.5) is 0 Å². The zero-order valence-corrected chi connectivity index (χ0v) is 7.57. The maximum atomic E-state index is 11.4. The first-order valence-corrected chi connectivity index (χ1v) is 4.89. The lowest BCUT2D eigenvalue weighted by Crippen LogP contribution is -2.52. The molecule has 0 aromatic rings. The normalized spacial score (nSPS) is 43.2. The van der Waals surface area contributed by atoms with Crippen molar-refractivity contribution in [3.05, 3.63) is 0 Å². The third-order valence-electron chi connectivity index (χ3n) is 3.00. The van der Waals surface area contributed by atoms with Crippen LogP contribution in [0, 0.1) is 5.92 Å². The first-order chi connectivity index (χ1) is 6.15. The Morgan fingerprint density at radius 2 is 1.92 bits per heavy atom. The highest BCUT2D eigenvalue weighted by atomic mass is 16.3. The first kappa shape index (κ1) is 8.97. The van der Waals surface area contributed by atoms with Crippen molar-refractivity contribution in [1.29, 1.82) is 0 Å². The van der Waals surface area contributed by atoms with E-state index in [1.807, 2.05) is 0 Å². The quantitative estimate of drug-likeness (QED) is 0.534. The molecule has 2 aliphatic carbocycles. The molecule has 4 N–H and O–H groups in total. The first-order valence-electron chi connectivity index (χ1n) is 4.89. The van der Waals surface area contributed by atoms with Crippen LogP contribution in [0.25, 0.3) is 0 Å². The van der Waals surface area contributed by atoms with Crippen LogP contribution in [-0.4, -0.2) is 29.2 Å². The lowest BCUT2D eigenvalue weighted by atomic mass is 9.79. The van der Waals surface area contributed by atoms with E-state index in [-0.39, 0.29) is 30.0 Å². The molecule has 0 heterocycles. The molecule has 0 aliphatic heterocycles. The van der Waals surface area contributed by atoms with Crippen LogP contribution in [0.15, 0.2) is 0 Å². The van der Waals surface area contributed by atoms with Crippen LogP contribution in [-0.2, 0) is 4.79 Å². The van der Waals surface area contributed by atoms with Gasteiger partial charge >= 0.3 is 0 Å². The van der Waals surface area contributed by atoms with E-state index in [1.165, 1.54) is 0 Å². The van der Waals surface area contributed by atoms with Crippen LogP contribution in [0.5, 0.6) is 0 Å². The number of carbonyl (C=O) groups excluding carboxylic acids is 1. The van der Waals surface area contributed by atoms with Crippen molar-refractivity contribution < 1.29 is 9.90 Å². The van der Waals surface area contributed by atoms with Crippen molar-refractivity contribution in [3.8, 4) is 0 Å². The van der Waals surface area contributed by atoms with E-state index in [1.54, 1.807) is 0 Å². The second kappa shape index (κ2) is 3.27. The molecule has 2 rings (SSSR count). The van der Waals surface area contributed by atoms with Gasteiger partial charge in [-0.15, -0.1) is 0 Å². The molecule has 0 radical (unpaired) electrons. The van der Waals surface area contributed by atoms with Crippen molar-refractivity contribution in [2.45, 2.75) is 43.9 Å². The van der Waals surface area contributed by atoms with Crippen LogP contribution in [0.1, 0.15) is 25.7 Å². The van der Waals surface area contributed by atoms with E-state index in [2.05, 4.69) is 5.32 Å². The summed E-state index contributed by atoms with van der Waals surface area (Å²) in [7, 11) is 0. The summed E-state index contributed by atoms with van der Waals surface area (Å²) in [6.07, 6.45) is 2.87. The van der Waals surface area contributed by atoms with E-state index in [4.69, 9.17) is 10.8 Å². The third-order valence-corrected chi connectivity index (χ3v) is 3.00. The molecule has 0 atom stereocenters. The number of amides is 1. The molecule has 0 aromatic heterocycles. The van der Waals surface area contributed by atoms with Crippen LogP contribution >= 0.6 is 0 Å². The van der Waals surface area contributed by atoms with E-state index in [9.17, 15) is 4.79 Å². The maximum Gasteiger partial charge on any atom is 0.223 e. The molecule has 74 valence electrons. The predicted octanol–water partition coefficient (Wildman–Crippen LogP) is -0.637. The van der Waals surface area contributed by atoms with Crippen LogP contribution in [0.3, 0.4) is 0 Å². The predicted molar refractivity (Wildman–Crippen MR) is 47.9 cm³/mol. The Morgan fingerprint density at radius 3 is 2.38 bits per heavy atom. The number of hydrogen-bond donors (Lipinski definition) is 3. The van der Waals surface area contributed by atoms with Gasteiger partial charge in [-0.3, -0.25) is 4.79 Å². The molecule has 2 saturated carbocycles. The summed E-state index contributed by atoms with van der Waals surface area (Å²) in [5, 5.41) is 11.9. The fraction of sp³-hybridized carbons (Fsp3) is 0.889. The minimum atomic E-state index is -0.200. The number of nitrogens with two attached hydrogens (primary N) is 1. The third kappa shape index (κ3) is 1.84. The largest absolute Gasteiger partial charge is 0.393 e. The summed E-state index contributed by atoms with van der Waals surface area (Å²) < 4.78 is 0. The Hall–Kier alpha value is -0.610. The minimum absolute atomic E-state index is 0.124. The number of hydrogen-bond acceptors (Lipinski definition) is 3. The summed E-state index contributed by atoms with van der Waals surface area (Å²) in [4.78, 5) is 11.4. The van der Waals surface area contributed by atoms with Crippen molar-refractivity contribution in [2.24, 2.45) is 11.7 Å². The molecule has 2 fully saturated rings. The topological polar surface area (TPSA) is 75.4 Å². The van der Waals surface area contributed by atoms with Gasteiger partial charge in [0.25, 0.3) is 0 Å². The Morgan fingerprint density at radius 1 is 1.31 bits per heavy atom. The number of nitrogens with one attached hydrogen (secondary N) is 1. The second-order valence-corrected chi connectivity index (χ2v) is 4.26. The smallest absolute Gasteiger partial charge is 0.223 e. The highest BCUT2D eigenvalue weighted by Crippen LogP contribution is 2.27. The van der Waals surface area contributed by atoms with Gasteiger partial charge in [-0.2, -0.15) is 0 Å². The molecule has 1 amide bonds. The zero-order chi connectivity index (χ0) is 9.42. The lowest BCUT2D eigenvalue weighted by Gasteiger charge is -2.36. The standard InChI is InChI=1S/C9H16N2O2/c10-6-1-5(2-6)9(13)11-7-3-8(12)4-7/h5-8,12H,1-4,10H2,(H,11,13). The van der Waals surface area contributed by atoms with E-state index < -0.39 is 0 Å². The molecule has 0 aromatic carbocycles. The van der Waals surface area contributed by atoms with E-state index in [0.717, 1.165) is 12.8 Å². The van der Waals surface area contributed by atoms with Gasteiger partial charge in [-0.25, -0.2) is 0 Å². The van der Waals surface area contributed by atoms with Crippen LogP contribution < -0.4 is 11.1 Å². The van der Waals surface area contributed by atoms with Gasteiger partial charge in [0, 0.05) is 18.0 Å². The second-order valence-electron chi connectivity index (χ2n) is 4.26. The molecule has 0 bridgehead atoms. The molecule has 0 unspecified atom stereocenters. The maximum absolute atomic E-state index is 11.4. The van der Waals surface area contributed by atoms with Gasteiger partial charge in [0.2, 0.25) is 5.91 Å². The molecular weight excluding hydrogens is 168 g/mol. The Bertz CT molecular complexity index is 208.